The van der Waals surface area contributed by atoms with E-state index in [1.807, 2.05) is 0 Å². The Kier molecular flexibility index (Phi) is 2.87. The smallest absolute Gasteiger partial charge is 0.114 e. The molecule has 2 nitrogen and oxygen atoms in total. The summed E-state index contributed by atoms with van der Waals surface area (Å²) < 4.78 is 178. The molecular weight excluding hydrogens is 544 g/mol. The minimum atomic E-state index is -3.17. The molecule has 9 aromatic rings. The zero-order valence-corrected chi connectivity index (χ0v) is 23.2. The van der Waals surface area contributed by atoms with Crippen LogP contribution in [0, 0.1) is 0 Å². The molecule has 0 spiro atoms. The van der Waals surface area contributed by atoms with Crippen molar-refractivity contribution in [2.45, 2.75) is 13.2 Å². The van der Waals surface area contributed by atoms with Gasteiger partial charge in [-0.2, -0.15) is 0 Å². The SMILES string of the molecule is [2H]c1c([2H])c([2H])c2c(-c3c4c([2H])c([2H])c([2H])c([2H])c4c(-c4ccc(-n5c(C([2H])([2H])C([2H])([2H])[2H])nc6ccccc65)c5ccccc45)c4c([2H])c([2H])c([2H])c([2H])c34)c([2H])c([2H])c([2H])c2c1[2H]. The lowest BCUT2D eigenvalue weighted by atomic mass is 9.83. The average Bonchev–Trinajstić information content (AvgIpc) is 3.68. The van der Waals surface area contributed by atoms with Gasteiger partial charge in [0, 0.05) is 18.6 Å². The van der Waals surface area contributed by atoms with Gasteiger partial charge in [0.25, 0.3) is 0 Å². The van der Waals surface area contributed by atoms with Crippen LogP contribution in [-0.2, 0) is 6.37 Å². The lowest BCUT2D eigenvalue weighted by molar-refractivity contribution is 0.913. The highest BCUT2D eigenvalue weighted by atomic mass is 15.1. The van der Waals surface area contributed by atoms with Crippen molar-refractivity contribution in [2.24, 2.45) is 0 Å². The van der Waals surface area contributed by atoms with E-state index in [2.05, 4.69) is 4.98 Å². The summed E-state index contributed by atoms with van der Waals surface area (Å²) in [5.74, 6) is -0.441. The fraction of sp³-hybridized carbons (Fsp3) is 0.0465. The van der Waals surface area contributed by atoms with E-state index < -0.39 is 142 Å². The first-order valence-corrected chi connectivity index (χ1v) is 13.9. The van der Waals surface area contributed by atoms with E-state index >= 15 is 0 Å². The molecule has 0 saturated carbocycles. The number of benzene rings is 8. The molecule has 0 N–H and O–H groups in total. The molecule has 45 heavy (non-hydrogen) atoms. The Morgan fingerprint density at radius 1 is 0.578 bits per heavy atom. The second-order valence-electron chi connectivity index (χ2n) is 10.3. The van der Waals surface area contributed by atoms with E-state index in [0.29, 0.717) is 16.3 Å². The van der Waals surface area contributed by atoms with Gasteiger partial charge in [-0.15, -0.1) is 0 Å². The Bertz CT molecular complexity index is 3540. The predicted molar refractivity (Wildman–Crippen MR) is 191 cm³/mol. The third-order valence-corrected chi connectivity index (χ3v) is 8.02. The van der Waals surface area contributed by atoms with Gasteiger partial charge < -0.3 is 0 Å². The summed E-state index contributed by atoms with van der Waals surface area (Å²) in [7, 11) is 0. The highest BCUT2D eigenvalue weighted by molar-refractivity contribution is 6.25. The molecule has 0 saturated heterocycles. The summed E-state index contributed by atoms with van der Waals surface area (Å²) in [4.78, 5) is 4.45. The Hall–Kier alpha value is -5.73. The van der Waals surface area contributed by atoms with Crippen molar-refractivity contribution in [3.05, 3.63) is 157 Å². The molecule has 0 aliphatic carbocycles. The van der Waals surface area contributed by atoms with Gasteiger partial charge in [0.1, 0.15) is 5.82 Å². The first kappa shape index (κ1) is 12.7. The van der Waals surface area contributed by atoms with Gasteiger partial charge >= 0.3 is 0 Å². The van der Waals surface area contributed by atoms with E-state index in [1.165, 1.54) is 16.7 Å². The van der Waals surface area contributed by atoms with Gasteiger partial charge in [-0.05, 0) is 78.2 Å². The minimum Gasteiger partial charge on any atom is -0.296 e. The number of para-hydroxylation sites is 2. The normalized spacial score (nSPS) is 18.7. The van der Waals surface area contributed by atoms with Gasteiger partial charge in [-0.3, -0.25) is 4.57 Å². The van der Waals surface area contributed by atoms with Crippen molar-refractivity contribution < 1.29 is 27.4 Å². The van der Waals surface area contributed by atoms with Crippen molar-refractivity contribution >= 4 is 54.1 Å². The van der Waals surface area contributed by atoms with Gasteiger partial charge in [0.15, 0.2) is 0 Å². The molecule has 1 aromatic heterocycles. The summed E-state index contributed by atoms with van der Waals surface area (Å²) >= 11 is 0. The number of fused-ring (bicyclic) bond motifs is 5. The molecule has 1 heterocycles. The molecule has 9 rings (SSSR count). The fourth-order valence-electron chi connectivity index (χ4n) is 6.19. The highest BCUT2D eigenvalue weighted by Gasteiger charge is 2.21. The van der Waals surface area contributed by atoms with Crippen molar-refractivity contribution in [3.8, 4) is 27.9 Å². The predicted octanol–water partition coefficient (Wildman–Crippen LogP) is 11.5. The van der Waals surface area contributed by atoms with E-state index in [-0.39, 0.29) is 33.1 Å². The maximum atomic E-state index is 9.49. The topological polar surface area (TPSA) is 17.8 Å². The molecule has 0 atom stereocenters. The van der Waals surface area contributed by atoms with Gasteiger partial charge in [0.2, 0.25) is 0 Å². The molecule has 0 aliphatic heterocycles. The van der Waals surface area contributed by atoms with Crippen LogP contribution in [0.1, 0.15) is 40.1 Å². The lowest BCUT2D eigenvalue weighted by Crippen LogP contribution is -2.01. The van der Waals surface area contributed by atoms with E-state index in [4.69, 9.17) is 20.6 Å². The van der Waals surface area contributed by atoms with Crippen LogP contribution in [0.3, 0.4) is 0 Å². The van der Waals surface area contributed by atoms with Crippen molar-refractivity contribution in [3.63, 3.8) is 0 Å². The molecule has 0 unspecified atom stereocenters. The minimum absolute atomic E-state index is 0.130. The van der Waals surface area contributed by atoms with Crippen molar-refractivity contribution in [1.29, 1.82) is 0 Å². The monoisotopic (exact) mass is 594 g/mol. The fourth-order valence-corrected chi connectivity index (χ4v) is 6.19. The molecule has 0 fully saturated rings. The van der Waals surface area contributed by atoms with Gasteiger partial charge in [-0.25, -0.2) is 4.98 Å². The Labute approximate surface area is 289 Å². The molecule has 0 radical (unpaired) electrons. The Morgan fingerprint density at radius 2 is 1.18 bits per heavy atom. The van der Waals surface area contributed by atoms with Crippen LogP contribution in [0.15, 0.2) is 151 Å². The van der Waals surface area contributed by atoms with Gasteiger partial charge in [0.05, 0.1) is 37.3 Å². The first-order chi connectivity index (χ1) is 30.5. The largest absolute Gasteiger partial charge is 0.296 e. The number of imidazole rings is 1. The Balaban J connectivity index is 1.56. The summed E-state index contributed by atoms with van der Waals surface area (Å²) in [5, 5.41) is -1.79. The number of aryl methyl sites for hydroxylation is 1. The Morgan fingerprint density at radius 3 is 1.91 bits per heavy atom. The third kappa shape index (κ3) is 3.86. The second-order valence-corrected chi connectivity index (χ2v) is 10.3. The van der Waals surface area contributed by atoms with Crippen LogP contribution in [0.25, 0.3) is 82.1 Å². The maximum absolute atomic E-state index is 9.49. The van der Waals surface area contributed by atoms with Crippen LogP contribution in [0.2, 0.25) is 0 Å². The van der Waals surface area contributed by atoms with Crippen LogP contribution in [-0.4, -0.2) is 9.55 Å². The summed E-state index contributed by atoms with van der Waals surface area (Å²) in [6, 6.07) is 4.77. The summed E-state index contributed by atoms with van der Waals surface area (Å²) in [6.07, 6.45) is -2.99. The molecule has 2 heteroatoms. The first-order valence-electron chi connectivity index (χ1n) is 23.9. The van der Waals surface area contributed by atoms with Crippen LogP contribution in [0.5, 0.6) is 0 Å². The molecule has 212 valence electrons. The zero-order valence-electron chi connectivity index (χ0n) is 43.2. The molecule has 0 bridgehead atoms. The van der Waals surface area contributed by atoms with Crippen LogP contribution >= 0.6 is 0 Å². The third-order valence-electron chi connectivity index (χ3n) is 8.02. The van der Waals surface area contributed by atoms with E-state index in [0.717, 1.165) is 0 Å². The molecule has 8 aromatic carbocycles. The van der Waals surface area contributed by atoms with E-state index in [1.54, 1.807) is 48.5 Å². The maximum Gasteiger partial charge on any atom is 0.114 e. The number of hydrogen-bond acceptors (Lipinski definition) is 1. The molecule has 0 amide bonds. The molecular formula is C43H30N2. The number of rotatable bonds is 4. The zero-order chi connectivity index (χ0) is 47.3. The van der Waals surface area contributed by atoms with Crippen LogP contribution < -0.4 is 0 Å². The number of hydrogen-bond donors (Lipinski definition) is 0. The number of aromatic nitrogens is 2. The van der Waals surface area contributed by atoms with Gasteiger partial charge in [-0.1, -0.05) is 140 Å². The highest BCUT2D eigenvalue weighted by Crippen LogP contribution is 2.47. The average molecular weight is 595 g/mol. The van der Waals surface area contributed by atoms with Crippen molar-refractivity contribution in [2.75, 3.05) is 0 Å². The standard InChI is InChI=1S/C43H30N2/c1-2-41-44-38-24-11-12-25-40(38)45(41)39-27-26-37(30-17-5-6-18-31(30)39)43-35-21-9-7-19-33(35)42(34-20-8-10-22-36(34)43)32-23-13-15-28-14-3-4-16-29(28)32/h3-27H,2H2,1H3/i1D3,2D2,3D,4D,7D,8D,9D,10D,13D,14D,15D,16D,19D,20D,21D,22D,23D. The summed E-state index contributed by atoms with van der Waals surface area (Å²) in [5.41, 5.74) is -0.0828. The second kappa shape index (κ2) is 10.2. The quantitative estimate of drug-likeness (QED) is 0.185. The number of nitrogens with zero attached hydrogens (tertiary/aromatic N) is 2. The summed E-state index contributed by atoms with van der Waals surface area (Å²) in [6.45, 7) is -3.17. The lowest BCUT2D eigenvalue weighted by Gasteiger charge is -2.20. The van der Waals surface area contributed by atoms with Crippen LogP contribution in [0.4, 0.5) is 0 Å². The van der Waals surface area contributed by atoms with Crippen molar-refractivity contribution in [1.82, 2.24) is 9.55 Å². The molecule has 0 aliphatic rings. The van der Waals surface area contributed by atoms with E-state index in [9.17, 15) is 6.85 Å².